The molecule has 0 unspecified atom stereocenters. The summed E-state index contributed by atoms with van der Waals surface area (Å²) in [5.74, 6) is 0.218. The zero-order valence-corrected chi connectivity index (χ0v) is 12.2. The molecule has 0 saturated carbocycles. The number of hydrogen-bond acceptors (Lipinski definition) is 4. The molecule has 0 fully saturated rings. The van der Waals surface area contributed by atoms with E-state index in [0.717, 1.165) is 0 Å². The maximum absolute atomic E-state index is 11.9. The van der Waals surface area contributed by atoms with E-state index in [0.29, 0.717) is 5.69 Å². The molecule has 0 aliphatic carbocycles. The average Bonchev–Trinajstić information content (AvgIpc) is 2.37. The van der Waals surface area contributed by atoms with Gasteiger partial charge in [0.1, 0.15) is 5.75 Å². The molecule has 0 heterocycles. The summed E-state index contributed by atoms with van der Waals surface area (Å²) in [4.78, 5) is -0.0515. The molecule has 1 aromatic carbocycles. The SMILES string of the molecule is COc1cc(S(=O)(=O)NCCCCC(F)(F)F)ccc1N. The molecule has 0 bridgehead atoms. The van der Waals surface area contributed by atoms with Gasteiger partial charge in [-0.25, -0.2) is 13.1 Å². The molecule has 0 atom stereocenters. The standard InChI is InChI=1S/C12H17F3N2O3S/c1-20-11-8-9(4-5-10(11)16)21(18,19)17-7-3-2-6-12(13,14)15/h4-5,8,17H,2-3,6-7,16H2,1H3. The minimum atomic E-state index is -4.22. The van der Waals surface area contributed by atoms with Crippen LogP contribution in [0.2, 0.25) is 0 Å². The Morgan fingerprint density at radius 3 is 2.52 bits per heavy atom. The van der Waals surface area contributed by atoms with E-state index in [-0.39, 0.29) is 30.0 Å². The largest absolute Gasteiger partial charge is 0.495 e. The van der Waals surface area contributed by atoms with Gasteiger partial charge in [-0.15, -0.1) is 0 Å². The van der Waals surface area contributed by atoms with Gasteiger partial charge < -0.3 is 10.5 Å². The van der Waals surface area contributed by atoms with Crippen LogP contribution in [0.15, 0.2) is 23.1 Å². The fourth-order valence-electron chi connectivity index (χ4n) is 1.60. The number of ether oxygens (including phenoxy) is 1. The zero-order chi connectivity index (χ0) is 16.1. The third-order valence-electron chi connectivity index (χ3n) is 2.69. The lowest BCUT2D eigenvalue weighted by Crippen LogP contribution is -2.25. The van der Waals surface area contributed by atoms with Crippen LogP contribution in [0.3, 0.4) is 0 Å². The first-order chi connectivity index (χ1) is 9.65. The number of nitrogens with one attached hydrogen (secondary N) is 1. The summed E-state index contributed by atoms with van der Waals surface area (Å²) in [5, 5.41) is 0. The first-order valence-corrected chi connectivity index (χ1v) is 7.64. The van der Waals surface area contributed by atoms with E-state index in [1.54, 1.807) is 0 Å². The molecule has 1 aromatic rings. The second-order valence-corrected chi connectivity index (χ2v) is 6.14. The van der Waals surface area contributed by atoms with Crippen molar-refractivity contribution < 1.29 is 26.3 Å². The first-order valence-electron chi connectivity index (χ1n) is 6.15. The van der Waals surface area contributed by atoms with Crippen LogP contribution in [0.1, 0.15) is 19.3 Å². The number of benzene rings is 1. The predicted molar refractivity (Wildman–Crippen MR) is 72.5 cm³/mol. The van der Waals surface area contributed by atoms with E-state index >= 15 is 0 Å². The van der Waals surface area contributed by atoms with Crippen LogP contribution in [0, 0.1) is 0 Å². The van der Waals surface area contributed by atoms with Crippen LogP contribution in [-0.2, 0) is 10.0 Å². The Morgan fingerprint density at radius 1 is 1.29 bits per heavy atom. The van der Waals surface area contributed by atoms with E-state index in [2.05, 4.69) is 4.72 Å². The van der Waals surface area contributed by atoms with Gasteiger partial charge in [-0.3, -0.25) is 0 Å². The van der Waals surface area contributed by atoms with Crippen molar-refractivity contribution in [2.24, 2.45) is 0 Å². The quantitative estimate of drug-likeness (QED) is 0.595. The summed E-state index contributed by atoms with van der Waals surface area (Å²) in [6.45, 7) is -0.0644. The van der Waals surface area contributed by atoms with Crippen LogP contribution < -0.4 is 15.2 Å². The molecule has 120 valence electrons. The van der Waals surface area contributed by atoms with Gasteiger partial charge >= 0.3 is 6.18 Å². The van der Waals surface area contributed by atoms with E-state index in [4.69, 9.17) is 10.5 Å². The van der Waals surface area contributed by atoms with Gasteiger partial charge in [0.05, 0.1) is 17.7 Å². The van der Waals surface area contributed by atoms with Crippen molar-refractivity contribution in [3.05, 3.63) is 18.2 Å². The Labute approximate surface area is 121 Å². The third-order valence-corrected chi connectivity index (χ3v) is 4.15. The number of alkyl halides is 3. The first kappa shape index (κ1) is 17.6. The van der Waals surface area contributed by atoms with Crippen molar-refractivity contribution in [1.29, 1.82) is 0 Å². The molecule has 0 radical (unpaired) electrons. The molecular weight excluding hydrogens is 309 g/mol. The van der Waals surface area contributed by atoms with Crippen molar-refractivity contribution in [3.63, 3.8) is 0 Å². The van der Waals surface area contributed by atoms with Gasteiger partial charge in [0.2, 0.25) is 10.0 Å². The highest BCUT2D eigenvalue weighted by Crippen LogP contribution is 2.25. The number of hydrogen-bond donors (Lipinski definition) is 2. The number of unbranched alkanes of at least 4 members (excludes halogenated alkanes) is 1. The Hall–Kier alpha value is -1.48. The summed E-state index contributed by atoms with van der Waals surface area (Å²) in [6.07, 6.45) is -5.17. The minimum absolute atomic E-state index is 0.0515. The summed E-state index contributed by atoms with van der Waals surface area (Å²) >= 11 is 0. The Kier molecular flexibility index (Phi) is 5.85. The van der Waals surface area contributed by atoms with Gasteiger partial charge in [-0.1, -0.05) is 0 Å². The summed E-state index contributed by atoms with van der Waals surface area (Å²) < 4.78 is 66.9. The smallest absolute Gasteiger partial charge is 0.389 e. The highest BCUT2D eigenvalue weighted by atomic mass is 32.2. The van der Waals surface area contributed by atoms with Crippen molar-refractivity contribution in [2.75, 3.05) is 19.4 Å². The molecule has 0 amide bonds. The van der Waals surface area contributed by atoms with Crippen LogP contribution in [0.25, 0.3) is 0 Å². The van der Waals surface area contributed by atoms with Gasteiger partial charge in [0.15, 0.2) is 0 Å². The minimum Gasteiger partial charge on any atom is -0.495 e. The molecular formula is C12H17F3N2O3S. The lowest BCUT2D eigenvalue weighted by Gasteiger charge is -2.10. The highest BCUT2D eigenvalue weighted by Gasteiger charge is 2.26. The average molecular weight is 326 g/mol. The molecule has 0 aliphatic rings. The molecule has 1 rings (SSSR count). The van der Waals surface area contributed by atoms with E-state index < -0.39 is 22.6 Å². The second-order valence-electron chi connectivity index (χ2n) is 4.37. The lowest BCUT2D eigenvalue weighted by molar-refractivity contribution is -0.135. The monoisotopic (exact) mass is 326 g/mol. The molecule has 0 spiro atoms. The second kappa shape index (κ2) is 6.99. The maximum atomic E-state index is 11.9. The summed E-state index contributed by atoms with van der Waals surface area (Å²) in [5.41, 5.74) is 5.87. The van der Waals surface area contributed by atoms with E-state index in [9.17, 15) is 21.6 Å². The summed E-state index contributed by atoms with van der Waals surface area (Å²) in [6, 6.07) is 3.94. The van der Waals surface area contributed by atoms with Crippen LogP contribution in [0.5, 0.6) is 5.75 Å². The van der Waals surface area contributed by atoms with Crippen LogP contribution in [0.4, 0.5) is 18.9 Å². The lowest BCUT2D eigenvalue weighted by atomic mass is 10.2. The van der Waals surface area contributed by atoms with Gasteiger partial charge in [0, 0.05) is 19.0 Å². The molecule has 0 aromatic heterocycles. The van der Waals surface area contributed by atoms with Crippen molar-refractivity contribution >= 4 is 15.7 Å². The van der Waals surface area contributed by atoms with E-state index in [1.807, 2.05) is 0 Å². The topological polar surface area (TPSA) is 81.4 Å². The molecule has 0 saturated heterocycles. The molecule has 0 aliphatic heterocycles. The van der Waals surface area contributed by atoms with Gasteiger partial charge in [0.25, 0.3) is 0 Å². The Morgan fingerprint density at radius 2 is 1.95 bits per heavy atom. The maximum Gasteiger partial charge on any atom is 0.389 e. The number of nitrogen functional groups attached to an aromatic ring is 1. The normalized spacial score (nSPS) is 12.4. The van der Waals surface area contributed by atoms with Gasteiger partial charge in [-0.05, 0) is 25.0 Å². The number of sulfonamides is 1. The number of anilines is 1. The molecule has 21 heavy (non-hydrogen) atoms. The number of nitrogens with two attached hydrogens (primary N) is 1. The fourth-order valence-corrected chi connectivity index (χ4v) is 2.69. The predicted octanol–water partition coefficient (Wildman–Crippen LogP) is 2.29. The Balaban J connectivity index is 2.58. The molecule has 9 heteroatoms. The number of halogens is 3. The highest BCUT2D eigenvalue weighted by molar-refractivity contribution is 7.89. The fraction of sp³-hybridized carbons (Fsp3) is 0.500. The Bertz CT molecular complexity index is 574. The van der Waals surface area contributed by atoms with Crippen LogP contribution >= 0.6 is 0 Å². The molecule has 5 nitrogen and oxygen atoms in total. The third kappa shape index (κ3) is 5.80. The van der Waals surface area contributed by atoms with Crippen LogP contribution in [-0.4, -0.2) is 28.2 Å². The van der Waals surface area contributed by atoms with Crippen molar-refractivity contribution in [1.82, 2.24) is 4.72 Å². The van der Waals surface area contributed by atoms with Crippen molar-refractivity contribution in [2.45, 2.75) is 30.3 Å². The van der Waals surface area contributed by atoms with E-state index in [1.165, 1.54) is 25.3 Å². The number of rotatable bonds is 7. The van der Waals surface area contributed by atoms with Gasteiger partial charge in [-0.2, -0.15) is 13.2 Å². The summed E-state index contributed by atoms with van der Waals surface area (Å²) in [7, 11) is -2.44. The molecule has 3 N–H and O–H groups in total. The number of methoxy groups -OCH3 is 1. The van der Waals surface area contributed by atoms with Crippen molar-refractivity contribution in [3.8, 4) is 5.75 Å². The zero-order valence-electron chi connectivity index (χ0n) is 11.4.